The first-order chi connectivity index (χ1) is 6.83. The molecule has 2 aromatic rings. The predicted molar refractivity (Wildman–Crippen MR) is 61.9 cm³/mol. The van der Waals surface area contributed by atoms with Gasteiger partial charge < -0.3 is 5.32 Å². The topological polar surface area (TPSA) is 12.0 Å². The predicted octanol–water partition coefficient (Wildman–Crippen LogP) is 3.24. The van der Waals surface area contributed by atoms with Crippen LogP contribution in [-0.2, 0) is 0 Å². The van der Waals surface area contributed by atoms with Gasteiger partial charge in [0.1, 0.15) is 0 Å². The van der Waals surface area contributed by atoms with Crippen LogP contribution in [-0.4, -0.2) is 6.54 Å². The SMILES string of the molecule is Cc1ccc2sc([C@@H]3CCN3)cc2c1. The fraction of sp³-hybridized carbons (Fsp3) is 0.333. The molecule has 0 aliphatic carbocycles. The Hall–Kier alpha value is -0.860. The van der Waals surface area contributed by atoms with Crippen LogP contribution < -0.4 is 5.32 Å². The van der Waals surface area contributed by atoms with Crippen molar-refractivity contribution < 1.29 is 0 Å². The van der Waals surface area contributed by atoms with E-state index in [4.69, 9.17) is 0 Å². The third kappa shape index (κ3) is 1.26. The lowest BCUT2D eigenvalue weighted by atomic mass is 10.1. The van der Waals surface area contributed by atoms with E-state index in [1.807, 2.05) is 11.3 Å². The van der Waals surface area contributed by atoms with Gasteiger partial charge in [-0.05, 0) is 37.4 Å². The molecule has 1 N–H and O–H groups in total. The Morgan fingerprint density at radius 3 is 2.93 bits per heavy atom. The zero-order chi connectivity index (χ0) is 9.54. The lowest BCUT2D eigenvalue weighted by Gasteiger charge is -2.26. The molecular formula is C12H13NS. The maximum absolute atomic E-state index is 3.45. The molecule has 1 aromatic carbocycles. The zero-order valence-corrected chi connectivity index (χ0v) is 9.03. The first kappa shape index (κ1) is 8.45. The van der Waals surface area contributed by atoms with E-state index in [2.05, 4.69) is 36.5 Å². The summed E-state index contributed by atoms with van der Waals surface area (Å²) in [6.45, 7) is 3.33. The molecule has 0 bridgehead atoms. The highest BCUT2D eigenvalue weighted by Gasteiger charge is 2.20. The van der Waals surface area contributed by atoms with Crippen molar-refractivity contribution in [2.24, 2.45) is 0 Å². The first-order valence-corrected chi connectivity index (χ1v) is 5.88. The van der Waals surface area contributed by atoms with Gasteiger partial charge in [0.2, 0.25) is 0 Å². The van der Waals surface area contributed by atoms with Gasteiger partial charge in [0.25, 0.3) is 0 Å². The van der Waals surface area contributed by atoms with Gasteiger partial charge in [-0.25, -0.2) is 0 Å². The van der Waals surface area contributed by atoms with E-state index in [0.717, 1.165) is 0 Å². The Morgan fingerprint density at radius 2 is 2.21 bits per heavy atom. The van der Waals surface area contributed by atoms with Crippen molar-refractivity contribution in [1.82, 2.24) is 5.32 Å². The quantitative estimate of drug-likeness (QED) is 0.750. The van der Waals surface area contributed by atoms with Crippen molar-refractivity contribution in [3.63, 3.8) is 0 Å². The van der Waals surface area contributed by atoms with Crippen LogP contribution in [0, 0.1) is 6.92 Å². The average molecular weight is 203 g/mol. The number of nitrogens with one attached hydrogen (secondary N) is 1. The fourth-order valence-electron chi connectivity index (χ4n) is 1.89. The summed E-state index contributed by atoms with van der Waals surface area (Å²) in [7, 11) is 0. The van der Waals surface area contributed by atoms with Gasteiger partial charge in [-0.3, -0.25) is 0 Å². The van der Waals surface area contributed by atoms with Crippen LogP contribution in [0.4, 0.5) is 0 Å². The minimum atomic E-state index is 0.632. The lowest BCUT2D eigenvalue weighted by Crippen LogP contribution is -2.34. The molecular weight excluding hydrogens is 190 g/mol. The Balaban J connectivity index is 2.10. The van der Waals surface area contributed by atoms with Gasteiger partial charge in [-0.15, -0.1) is 11.3 Å². The number of rotatable bonds is 1. The summed E-state index contributed by atoms with van der Waals surface area (Å²) in [5.74, 6) is 0. The minimum Gasteiger partial charge on any atom is -0.309 e. The normalized spacial score (nSPS) is 21.1. The highest BCUT2D eigenvalue weighted by molar-refractivity contribution is 7.19. The highest BCUT2D eigenvalue weighted by Crippen LogP contribution is 2.34. The monoisotopic (exact) mass is 203 g/mol. The van der Waals surface area contributed by atoms with Gasteiger partial charge in [-0.2, -0.15) is 0 Å². The molecule has 0 radical (unpaired) electrons. The first-order valence-electron chi connectivity index (χ1n) is 5.06. The number of fused-ring (bicyclic) bond motifs is 1. The van der Waals surface area contributed by atoms with E-state index in [0.29, 0.717) is 6.04 Å². The third-order valence-corrected chi connectivity index (χ3v) is 4.09. The molecule has 1 atom stereocenters. The number of hydrogen-bond acceptors (Lipinski definition) is 2. The van der Waals surface area contributed by atoms with Crippen LogP contribution in [0.15, 0.2) is 24.3 Å². The second kappa shape index (κ2) is 3.07. The van der Waals surface area contributed by atoms with Gasteiger partial charge in [0, 0.05) is 15.6 Å². The molecule has 1 aliphatic rings. The van der Waals surface area contributed by atoms with Crippen molar-refractivity contribution in [3.05, 3.63) is 34.7 Å². The molecule has 2 heteroatoms. The van der Waals surface area contributed by atoms with Crippen LogP contribution in [0.3, 0.4) is 0 Å². The maximum atomic E-state index is 3.45. The molecule has 72 valence electrons. The molecule has 0 amide bonds. The fourth-order valence-corrected chi connectivity index (χ4v) is 3.04. The molecule has 2 heterocycles. The molecule has 1 aromatic heterocycles. The van der Waals surface area contributed by atoms with Crippen molar-refractivity contribution in [1.29, 1.82) is 0 Å². The summed E-state index contributed by atoms with van der Waals surface area (Å²) >= 11 is 1.93. The maximum Gasteiger partial charge on any atom is 0.0427 e. The Kier molecular flexibility index (Phi) is 1.85. The number of thiophene rings is 1. The van der Waals surface area contributed by atoms with Crippen molar-refractivity contribution in [3.8, 4) is 0 Å². The summed E-state index contributed by atoms with van der Waals surface area (Å²) < 4.78 is 1.42. The number of benzene rings is 1. The van der Waals surface area contributed by atoms with Gasteiger partial charge >= 0.3 is 0 Å². The summed E-state index contributed by atoms with van der Waals surface area (Å²) in [5, 5.41) is 4.85. The van der Waals surface area contributed by atoms with E-state index in [1.165, 1.54) is 33.5 Å². The van der Waals surface area contributed by atoms with E-state index in [9.17, 15) is 0 Å². The Bertz CT molecular complexity index is 468. The molecule has 1 aliphatic heterocycles. The zero-order valence-electron chi connectivity index (χ0n) is 8.21. The van der Waals surface area contributed by atoms with E-state index < -0.39 is 0 Å². The molecule has 1 fully saturated rings. The summed E-state index contributed by atoms with van der Waals surface area (Å²) in [6, 6.07) is 9.67. The molecule has 1 nitrogen and oxygen atoms in total. The Morgan fingerprint density at radius 1 is 1.36 bits per heavy atom. The van der Waals surface area contributed by atoms with E-state index in [-0.39, 0.29) is 0 Å². The second-order valence-electron chi connectivity index (χ2n) is 3.99. The smallest absolute Gasteiger partial charge is 0.0427 e. The molecule has 14 heavy (non-hydrogen) atoms. The van der Waals surface area contributed by atoms with Crippen LogP contribution in [0.5, 0.6) is 0 Å². The van der Waals surface area contributed by atoms with Crippen LogP contribution in [0.2, 0.25) is 0 Å². The van der Waals surface area contributed by atoms with Crippen LogP contribution >= 0.6 is 11.3 Å². The molecule has 1 saturated heterocycles. The molecule has 3 rings (SSSR count). The van der Waals surface area contributed by atoms with Crippen LogP contribution in [0.25, 0.3) is 10.1 Å². The van der Waals surface area contributed by atoms with E-state index >= 15 is 0 Å². The molecule has 0 unspecified atom stereocenters. The third-order valence-electron chi connectivity index (χ3n) is 2.86. The van der Waals surface area contributed by atoms with Crippen LogP contribution in [0.1, 0.15) is 22.9 Å². The van der Waals surface area contributed by atoms with Gasteiger partial charge in [-0.1, -0.05) is 17.7 Å². The number of aryl methyl sites for hydroxylation is 1. The highest BCUT2D eigenvalue weighted by atomic mass is 32.1. The molecule has 0 saturated carbocycles. The second-order valence-corrected chi connectivity index (χ2v) is 5.10. The summed E-state index contributed by atoms with van der Waals surface area (Å²) in [5.41, 5.74) is 1.35. The summed E-state index contributed by atoms with van der Waals surface area (Å²) in [6.07, 6.45) is 1.30. The largest absolute Gasteiger partial charge is 0.309 e. The minimum absolute atomic E-state index is 0.632. The van der Waals surface area contributed by atoms with Gasteiger partial charge in [0.15, 0.2) is 0 Å². The van der Waals surface area contributed by atoms with Crippen molar-refractivity contribution >= 4 is 21.4 Å². The Labute approximate surface area is 87.8 Å². The average Bonchev–Trinajstić information content (AvgIpc) is 2.43. The lowest BCUT2D eigenvalue weighted by molar-refractivity contribution is 0.389. The number of hydrogen-bond donors (Lipinski definition) is 1. The summed E-state index contributed by atoms with van der Waals surface area (Å²) in [4.78, 5) is 1.50. The molecule has 0 spiro atoms. The van der Waals surface area contributed by atoms with Crippen molar-refractivity contribution in [2.45, 2.75) is 19.4 Å². The van der Waals surface area contributed by atoms with E-state index in [1.54, 1.807) is 0 Å². The standard InChI is InChI=1S/C12H13NS/c1-8-2-3-11-9(6-8)7-12(14-11)10-4-5-13-10/h2-3,6-7,10,13H,4-5H2,1H3/t10-/m0/s1. The van der Waals surface area contributed by atoms with Gasteiger partial charge in [0.05, 0.1) is 0 Å². The van der Waals surface area contributed by atoms with Crippen molar-refractivity contribution in [2.75, 3.05) is 6.54 Å².